The van der Waals surface area contributed by atoms with Crippen LogP contribution in [-0.2, 0) is 9.59 Å². The number of hydrogen-bond donors (Lipinski definition) is 1. The number of carbonyl (C=O) groups is 2. The van der Waals surface area contributed by atoms with Crippen LogP contribution in [0.1, 0.15) is 104 Å². The molecular formula is C20H39NO2S. The average molecular weight is 358 g/mol. The lowest BCUT2D eigenvalue weighted by Crippen LogP contribution is -2.22. The fourth-order valence-corrected chi connectivity index (χ4v) is 3.47. The molecule has 4 heteroatoms. The molecule has 0 unspecified atom stereocenters. The SMILES string of the molecule is CCCCCCCCCCCCCCCC(=O)SCCNC(C)=O. The Hall–Kier alpha value is -0.510. The van der Waals surface area contributed by atoms with Gasteiger partial charge in [-0.3, -0.25) is 9.59 Å². The Balaban J connectivity index is 3.14. The molecule has 0 aromatic carbocycles. The molecule has 142 valence electrons. The number of amides is 1. The van der Waals surface area contributed by atoms with Gasteiger partial charge in [0.2, 0.25) is 5.91 Å². The first kappa shape index (κ1) is 23.5. The van der Waals surface area contributed by atoms with Crippen LogP contribution in [0.5, 0.6) is 0 Å². The van der Waals surface area contributed by atoms with Crippen LogP contribution in [0.4, 0.5) is 0 Å². The molecule has 0 aliphatic rings. The molecule has 0 atom stereocenters. The van der Waals surface area contributed by atoms with Crippen LogP contribution in [0.3, 0.4) is 0 Å². The van der Waals surface area contributed by atoms with Gasteiger partial charge in [-0.15, -0.1) is 0 Å². The third kappa shape index (κ3) is 19.5. The Morgan fingerprint density at radius 2 is 1.21 bits per heavy atom. The molecule has 0 aliphatic carbocycles. The molecule has 3 nitrogen and oxygen atoms in total. The molecule has 1 amide bonds. The van der Waals surface area contributed by atoms with Gasteiger partial charge in [-0.25, -0.2) is 0 Å². The van der Waals surface area contributed by atoms with Crippen LogP contribution in [0.25, 0.3) is 0 Å². The third-order valence-corrected chi connectivity index (χ3v) is 5.16. The minimum atomic E-state index is -0.0282. The molecule has 0 rings (SSSR count). The monoisotopic (exact) mass is 357 g/mol. The van der Waals surface area contributed by atoms with Gasteiger partial charge in [-0.1, -0.05) is 95.7 Å². The van der Waals surface area contributed by atoms with Gasteiger partial charge in [-0.05, 0) is 6.42 Å². The van der Waals surface area contributed by atoms with Gasteiger partial charge in [0.05, 0.1) is 0 Å². The van der Waals surface area contributed by atoms with Crippen molar-refractivity contribution in [1.29, 1.82) is 0 Å². The fraction of sp³-hybridized carbons (Fsp3) is 0.900. The van der Waals surface area contributed by atoms with Crippen molar-refractivity contribution in [3.05, 3.63) is 0 Å². The minimum absolute atomic E-state index is 0.0282. The van der Waals surface area contributed by atoms with Gasteiger partial charge in [-0.2, -0.15) is 0 Å². The van der Waals surface area contributed by atoms with Gasteiger partial charge < -0.3 is 5.32 Å². The average Bonchev–Trinajstić information content (AvgIpc) is 2.55. The van der Waals surface area contributed by atoms with E-state index >= 15 is 0 Å². The highest BCUT2D eigenvalue weighted by Crippen LogP contribution is 2.14. The molecule has 0 radical (unpaired) electrons. The molecular weight excluding hydrogens is 318 g/mol. The minimum Gasteiger partial charge on any atom is -0.356 e. The number of carbonyl (C=O) groups excluding carboxylic acids is 2. The number of hydrogen-bond acceptors (Lipinski definition) is 3. The van der Waals surface area contributed by atoms with Crippen molar-refractivity contribution >= 4 is 22.8 Å². The van der Waals surface area contributed by atoms with Crippen molar-refractivity contribution in [2.75, 3.05) is 12.3 Å². The quantitative estimate of drug-likeness (QED) is 0.331. The summed E-state index contributed by atoms with van der Waals surface area (Å²) in [5.74, 6) is 0.663. The Kier molecular flexibility index (Phi) is 18.4. The molecule has 24 heavy (non-hydrogen) atoms. The lowest BCUT2D eigenvalue weighted by atomic mass is 10.0. The van der Waals surface area contributed by atoms with Crippen molar-refractivity contribution in [1.82, 2.24) is 5.32 Å². The van der Waals surface area contributed by atoms with E-state index in [0.717, 1.165) is 6.42 Å². The molecule has 0 aromatic heterocycles. The normalized spacial score (nSPS) is 10.8. The number of rotatable bonds is 17. The Labute approximate surface area is 154 Å². The Morgan fingerprint density at radius 1 is 0.750 bits per heavy atom. The summed E-state index contributed by atoms with van der Waals surface area (Å²) in [5, 5.41) is 2.97. The van der Waals surface area contributed by atoms with Crippen LogP contribution in [-0.4, -0.2) is 23.3 Å². The number of unbranched alkanes of at least 4 members (excludes halogenated alkanes) is 12. The van der Waals surface area contributed by atoms with E-state index in [-0.39, 0.29) is 11.0 Å². The van der Waals surface area contributed by atoms with E-state index in [1.165, 1.54) is 95.7 Å². The zero-order chi connectivity index (χ0) is 17.9. The summed E-state index contributed by atoms with van der Waals surface area (Å²) in [4.78, 5) is 22.3. The topological polar surface area (TPSA) is 46.2 Å². The second-order valence-corrected chi connectivity index (χ2v) is 7.85. The highest BCUT2D eigenvalue weighted by atomic mass is 32.2. The number of nitrogens with one attached hydrogen (secondary N) is 1. The van der Waals surface area contributed by atoms with E-state index in [0.29, 0.717) is 18.7 Å². The maximum atomic E-state index is 11.6. The lowest BCUT2D eigenvalue weighted by molar-refractivity contribution is -0.118. The summed E-state index contributed by atoms with van der Waals surface area (Å²) >= 11 is 1.35. The Morgan fingerprint density at radius 3 is 1.67 bits per heavy atom. The first-order valence-electron chi connectivity index (χ1n) is 10.1. The summed E-state index contributed by atoms with van der Waals surface area (Å²) in [6, 6.07) is 0. The molecule has 1 N–H and O–H groups in total. The standard InChI is InChI=1S/C20H39NO2S/c1-3-4-5-6-7-8-9-10-11-12-13-14-15-16-20(23)24-18-17-21-19(2)22/h3-18H2,1-2H3,(H,21,22). The van der Waals surface area contributed by atoms with Gasteiger partial charge in [0.15, 0.2) is 5.12 Å². The summed E-state index contributed by atoms with van der Waals surface area (Å²) in [5.41, 5.74) is 0. The van der Waals surface area contributed by atoms with Crippen LogP contribution >= 0.6 is 11.8 Å². The van der Waals surface area contributed by atoms with E-state index < -0.39 is 0 Å². The first-order chi connectivity index (χ1) is 11.7. The van der Waals surface area contributed by atoms with E-state index in [1.54, 1.807) is 0 Å². The van der Waals surface area contributed by atoms with Crippen molar-refractivity contribution in [3.63, 3.8) is 0 Å². The van der Waals surface area contributed by atoms with Crippen LogP contribution < -0.4 is 5.32 Å². The second-order valence-electron chi connectivity index (χ2n) is 6.70. The molecule has 0 saturated heterocycles. The van der Waals surface area contributed by atoms with Crippen molar-refractivity contribution in [2.45, 2.75) is 104 Å². The highest BCUT2D eigenvalue weighted by molar-refractivity contribution is 8.13. The molecule has 0 fully saturated rings. The summed E-state index contributed by atoms with van der Waals surface area (Å²) in [6.07, 6.45) is 18.0. The third-order valence-electron chi connectivity index (χ3n) is 4.22. The van der Waals surface area contributed by atoms with Gasteiger partial charge >= 0.3 is 0 Å². The second kappa shape index (κ2) is 18.8. The predicted molar refractivity (Wildman–Crippen MR) is 106 cm³/mol. The first-order valence-corrected chi connectivity index (χ1v) is 11.1. The van der Waals surface area contributed by atoms with Gasteiger partial charge in [0.1, 0.15) is 0 Å². The largest absolute Gasteiger partial charge is 0.356 e. The van der Waals surface area contributed by atoms with E-state index in [9.17, 15) is 9.59 Å². The highest BCUT2D eigenvalue weighted by Gasteiger charge is 2.02. The van der Waals surface area contributed by atoms with Crippen molar-refractivity contribution in [2.24, 2.45) is 0 Å². The van der Waals surface area contributed by atoms with Crippen LogP contribution in [0, 0.1) is 0 Å². The summed E-state index contributed by atoms with van der Waals surface area (Å²) in [6.45, 7) is 4.35. The lowest BCUT2D eigenvalue weighted by Gasteiger charge is -2.03. The van der Waals surface area contributed by atoms with Crippen LogP contribution in [0.15, 0.2) is 0 Å². The molecule has 0 spiro atoms. The van der Waals surface area contributed by atoms with Crippen molar-refractivity contribution < 1.29 is 9.59 Å². The maximum Gasteiger partial charge on any atom is 0.216 e. The Bertz CT molecular complexity index is 308. The maximum absolute atomic E-state index is 11.6. The molecule has 0 aromatic rings. The van der Waals surface area contributed by atoms with Gasteiger partial charge in [0, 0.05) is 25.6 Å². The zero-order valence-corrected chi connectivity index (χ0v) is 16.9. The zero-order valence-electron chi connectivity index (χ0n) is 16.0. The molecule has 0 aliphatic heterocycles. The van der Waals surface area contributed by atoms with E-state index in [1.807, 2.05) is 0 Å². The summed E-state index contributed by atoms with van der Waals surface area (Å²) < 4.78 is 0. The van der Waals surface area contributed by atoms with E-state index in [2.05, 4.69) is 12.2 Å². The van der Waals surface area contributed by atoms with Gasteiger partial charge in [0.25, 0.3) is 0 Å². The summed E-state index contributed by atoms with van der Waals surface area (Å²) in [7, 11) is 0. The van der Waals surface area contributed by atoms with E-state index in [4.69, 9.17) is 0 Å². The molecule has 0 bridgehead atoms. The van der Waals surface area contributed by atoms with Crippen LogP contribution in [0.2, 0.25) is 0 Å². The van der Waals surface area contributed by atoms with Crippen molar-refractivity contribution in [3.8, 4) is 0 Å². The number of thioether (sulfide) groups is 1. The smallest absolute Gasteiger partial charge is 0.216 e. The molecule has 0 saturated carbocycles. The molecule has 0 heterocycles. The predicted octanol–water partition coefficient (Wildman–Crippen LogP) is 5.86. The fourth-order valence-electron chi connectivity index (χ4n) is 2.75.